The van der Waals surface area contributed by atoms with Crippen molar-refractivity contribution in [1.29, 1.82) is 0 Å². The van der Waals surface area contributed by atoms with Crippen molar-refractivity contribution in [2.75, 3.05) is 13.2 Å². The topological polar surface area (TPSA) is 99.4 Å². The van der Waals surface area contributed by atoms with Gasteiger partial charge in [0.25, 0.3) is 5.91 Å². The largest absolute Gasteiger partial charge is 0.508 e. The molecular weight excluding hydrogens is 404 g/mol. The highest BCUT2D eigenvalue weighted by Crippen LogP contribution is 2.34. The van der Waals surface area contributed by atoms with Crippen LogP contribution in [0.1, 0.15) is 12.0 Å². The first-order valence-corrected chi connectivity index (χ1v) is 9.92. The summed E-state index contributed by atoms with van der Waals surface area (Å²) >= 11 is 1.26. The summed E-state index contributed by atoms with van der Waals surface area (Å²) in [4.78, 5) is 29.9. The van der Waals surface area contributed by atoms with Crippen molar-refractivity contribution in [2.45, 2.75) is 6.42 Å². The van der Waals surface area contributed by atoms with Crippen molar-refractivity contribution in [3.63, 3.8) is 0 Å². The molecule has 1 heterocycles. The first-order valence-electron chi connectivity index (χ1n) is 9.11. The van der Waals surface area contributed by atoms with Gasteiger partial charge in [0.15, 0.2) is 5.17 Å². The van der Waals surface area contributed by atoms with E-state index < -0.39 is 5.97 Å². The molecule has 2 aromatic rings. The number of amides is 1. The summed E-state index contributed by atoms with van der Waals surface area (Å²) in [5.74, 6) is -0.374. The number of amidine groups is 1. The molecule has 0 radical (unpaired) electrons. The summed E-state index contributed by atoms with van der Waals surface area (Å²) in [6.45, 7) is 4.13. The maximum absolute atomic E-state index is 12.8. The number of phenolic OH excluding ortho intramolecular Hbond substituents is 1. The predicted octanol–water partition coefficient (Wildman–Crippen LogP) is 4.04. The van der Waals surface area contributed by atoms with Crippen molar-refractivity contribution in [3.05, 3.63) is 71.7 Å². The van der Waals surface area contributed by atoms with Crippen LogP contribution in [-0.4, -0.2) is 45.3 Å². The van der Waals surface area contributed by atoms with E-state index in [-0.39, 0.29) is 24.7 Å². The lowest BCUT2D eigenvalue weighted by Crippen LogP contribution is -2.29. The van der Waals surface area contributed by atoms with Crippen LogP contribution in [-0.2, 0) is 9.59 Å². The highest BCUT2D eigenvalue weighted by atomic mass is 32.2. The highest BCUT2D eigenvalue weighted by molar-refractivity contribution is 8.18. The van der Waals surface area contributed by atoms with Gasteiger partial charge in [-0.05, 0) is 59.8 Å². The maximum atomic E-state index is 12.8. The number of nitrogens with zero attached hydrogens (tertiary/aromatic N) is 2. The molecule has 0 spiro atoms. The van der Waals surface area contributed by atoms with Gasteiger partial charge in [0.2, 0.25) is 0 Å². The third kappa shape index (κ3) is 5.51. The molecule has 1 fully saturated rings. The Balaban J connectivity index is 1.77. The fourth-order valence-electron chi connectivity index (χ4n) is 2.59. The number of aliphatic carboxylic acids is 1. The average molecular weight is 424 g/mol. The number of carboxylic acids is 1. The molecule has 2 N–H and O–H groups in total. The summed E-state index contributed by atoms with van der Waals surface area (Å²) in [5, 5.41) is 18.6. The minimum absolute atomic E-state index is 0.0702. The molecule has 1 saturated heterocycles. The second kappa shape index (κ2) is 9.80. The van der Waals surface area contributed by atoms with E-state index in [0.29, 0.717) is 28.1 Å². The molecule has 7 nitrogen and oxygen atoms in total. The van der Waals surface area contributed by atoms with Gasteiger partial charge < -0.3 is 14.9 Å². The molecule has 0 aromatic heterocycles. The van der Waals surface area contributed by atoms with Crippen LogP contribution in [0.2, 0.25) is 0 Å². The van der Waals surface area contributed by atoms with Crippen LogP contribution in [0.3, 0.4) is 0 Å². The van der Waals surface area contributed by atoms with Crippen LogP contribution in [0.25, 0.3) is 6.08 Å². The Labute approximate surface area is 178 Å². The molecule has 154 valence electrons. The lowest BCUT2D eigenvalue weighted by molar-refractivity contribution is -0.137. The second-order valence-electron chi connectivity index (χ2n) is 6.29. The number of aromatic hydroxyl groups is 1. The zero-order valence-electron chi connectivity index (χ0n) is 16.0. The van der Waals surface area contributed by atoms with Gasteiger partial charge in [0.05, 0.1) is 23.6 Å². The van der Waals surface area contributed by atoms with Crippen LogP contribution in [0.4, 0.5) is 5.69 Å². The summed E-state index contributed by atoms with van der Waals surface area (Å²) in [6, 6.07) is 13.5. The van der Waals surface area contributed by atoms with Crippen LogP contribution in [0.5, 0.6) is 11.5 Å². The minimum Gasteiger partial charge on any atom is -0.508 e. The number of phenols is 1. The van der Waals surface area contributed by atoms with Gasteiger partial charge in [-0.25, -0.2) is 4.99 Å². The van der Waals surface area contributed by atoms with E-state index in [1.54, 1.807) is 53.5 Å². The molecule has 0 aliphatic carbocycles. The van der Waals surface area contributed by atoms with Crippen LogP contribution < -0.4 is 4.74 Å². The number of hydrogen-bond donors (Lipinski definition) is 2. The van der Waals surface area contributed by atoms with Gasteiger partial charge in [0.1, 0.15) is 11.5 Å². The summed E-state index contributed by atoms with van der Waals surface area (Å²) in [6.07, 6.45) is 3.33. The molecular formula is C22H20N2O5S. The van der Waals surface area contributed by atoms with E-state index in [2.05, 4.69) is 11.6 Å². The second-order valence-corrected chi connectivity index (χ2v) is 7.30. The maximum Gasteiger partial charge on any atom is 0.306 e. The first-order chi connectivity index (χ1) is 14.5. The van der Waals surface area contributed by atoms with E-state index in [1.807, 2.05) is 0 Å². The zero-order chi connectivity index (χ0) is 21.5. The number of hydrogen-bond acceptors (Lipinski definition) is 6. The Hall–Kier alpha value is -3.52. The number of carboxylic acid groups (broad SMARTS) is 1. The fraction of sp³-hybridized carbons (Fsp3) is 0.136. The molecule has 1 aliphatic heterocycles. The predicted molar refractivity (Wildman–Crippen MR) is 117 cm³/mol. The Bertz CT molecular complexity index is 997. The van der Waals surface area contributed by atoms with Crippen LogP contribution in [0.15, 0.2) is 71.1 Å². The molecule has 0 unspecified atom stereocenters. The molecule has 1 amide bonds. The van der Waals surface area contributed by atoms with Gasteiger partial charge >= 0.3 is 5.97 Å². The fourth-order valence-corrected chi connectivity index (χ4v) is 3.59. The van der Waals surface area contributed by atoms with Gasteiger partial charge in [-0.3, -0.25) is 14.5 Å². The number of carbonyl (C=O) groups excluding carboxylic acids is 1. The summed E-state index contributed by atoms with van der Waals surface area (Å²) in [5.41, 5.74) is 1.43. The average Bonchev–Trinajstić information content (AvgIpc) is 3.00. The zero-order valence-corrected chi connectivity index (χ0v) is 16.8. The number of carbonyl (C=O) groups is 2. The standard InChI is InChI=1S/C22H20N2O5S/c1-2-12-24-21(28)19(30-22(24)23-16-5-7-17(25)8-6-16)14-15-3-9-18(10-4-15)29-13-11-20(26)27/h2-10,14,25H,1,11-13H2,(H,26,27)/b19-14-,23-22?. The van der Waals surface area contributed by atoms with Gasteiger partial charge in [-0.2, -0.15) is 0 Å². The van der Waals surface area contributed by atoms with E-state index in [4.69, 9.17) is 9.84 Å². The monoisotopic (exact) mass is 424 g/mol. The van der Waals surface area contributed by atoms with E-state index in [9.17, 15) is 14.7 Å². The van der Waals surface area contributed by atoms with Crippen molar-refractivity contribution >= 4 is 40.6 Å². The number of ether oxygens (including phenoxy) is 1. The first kappa shape index (κ1) is 21.2. The molecule has 0 bridgehead atoms. The molecule has 30 heavy (non-hydrogen) atoms. The van der Waals surface area contributed by atoms with Gasteiger partial charge in [-0.1, -0.05) is 18.2 Å². The lowest BCUT2D eigenvalue weighted by atomic mass is 10.2. The van der Waals surface area contributed by atoms with Crippen LogP contribution in [0, 0.1) is 0 Å². The van der Waals surface area contributed by atoms with E-state index >= 15 is 0 Å². The number of rotatable bonds is 8. The highest BCUT2D eigenvalue weighted by Gasteiger charge is 2.32. The van der Waals surface area contributed by atoms with Gasteiger partial charge in [0, 0.05) is 6.54 Å². The lowest BCUT2D eigenvalue weighted by Gasteiger charge is -2.12. The third-order valence-electron chi connectivity index (χ3n) is 4.04. The van der Waals surface area contributed by atoms with Crippen molar-refractivity contribution in [2.24, 2.45) is 4.99 Å². The smallest absolute Gasteiger partial charge is 0.306 e. The number of thioether (sulfide) groups is 1. The van der Waals surface area contributed by atoms with Crippen molar-refractivity contribution < 1.29 is 24.5 Å². The normalized spacial score (nSPS) is 16.3. The molecule has 0 atom stereocenters. The minimum atomic E-state index is -0.915. The van der Waals surface area contributed by atoms with Crippen molar-refractivity contribution in [3.8, 4) is 11.5 Å². The number of aliphatic imine (C=N–C) groups is 1. The quantitative estimate of drug-likeness (QED) is 0.490. The summed E-state index contributed by atoms with van der Waals surface area (Å²) < 4.78 is 5.37. The van der Waals surface area contributed by atoms with Crippen molar-refractivity contribution in [1.82, 2.24) is 4.90 Å². The summed E-state index contributed by atoms with van der Waals surface area (Å²) in [7, 11) is 0. The molecule has 8 heteroatoms. The Morgan fingerprint density at radius 2 is 1.87 bits per heavy atom. The molecule has 2 aromatic carbocycles. The molecule has 3 rings (SSSR count). The number of benzene rings is 2. The van der Waals surface area contributed by atoms with E-state index in [0.717, 1.165) is 5.56 Å². The third-order valence-corrected chi connectivity index (χ3v) is 5.04. The van der Waals surface area contributed by atoms with Gasteiger partial charge in [-0.15, -0.1) is 6.58 Å². The molecule has 1 aliphatic rings. The Kier molecular flexibility index (Phi) is 6.92. The SMILES string of the molecule is C=CCN1C(=O)/C(=C/c2ccc(OCCC(=O)O)cc2)SC1=Nc1ccc(O)cc1. The van der Waals surface area contributed by atoms with E-state index in [1.165, 1.54) is 23.9 Å². The Morgan fingerprint density at radius 1 is 1.17 bits per heavy atom. The molecule has 0 saturated carbocycles. The Morgan fingerprint density at radius 3 is 2.50 bits per heavy atom. The van der Waals surface area contributed by atoms with Crippen LogP contribution >= 0.6 is 11.8 Å².